The van der Waals surface area contributed by atoms with E-state index in [9.17, 15) is 4.79 Å². The van der Waals surface area contributed by atoms with Gasteiger partial charge in [0.25, 0.3) is 5.91 Å². The highest BCUT2D eigenvalue weighted by Gasteiger charge is 2.11. The van der Waals surface area contributed by atoms with Gasteiger partial charge < -0.3 is 9.88 Å². The summed E-state index contributed by atoms with van der Waals surface area (Å²) in [4.78, 5) is 16.3. The summed E-state index contributed by atoms with van der Waals surface area (Å²) in [7, 11) is 0. The van der Waals surface area contributed by atoms with Crippen LogP contribution in [0.5, 0.6) is 0 Å². The van der Waals surface area contributed by atoms with Crippen molar-refractivity contribution in [3.05, 3.63) is 82.4 Å². The van der Waals surface area contributed by atoms with Gasteiger partial charge in [-0.25, -0.2) is 4.98 Å². The number of rotatable bonds is 4. The van der Waals surface area contributed by atoms with E-state index in [-0.39, 0.29) is 5.91 Å². The molecule has 0 saturated heterocycles. The van der Waals surface area contributed by atoms with Gasteiger partial charge in [-0.3, -0.25) is 4.79 Å². The zero-order valence-electron chi connectivity index (χ0n) is 12.0. The number of imidazole rings is 1. The molecule has 116 valence electrons. The molecule has 0 radical (unpaired) electrons. The molecular weight excluding hydrogens is 333 g/mol. The van der Waals surface area contributed by atoms with Crippen LogP contribution in [-0.2, 0) is 6.54 Å². The number of aromatic nitrogens is 2. The van der Waals surface area contributed by atoms with Crippen LogP contribution in [0.4, 0.5) is 0 Å². The fourth-order valence-corrected chi connectivity index (χ4v) is 2.75. The number of halogens is 2. The Bertz CT molecular complexity index is 832. The van der Waals surface area contributed by atoms with Crippen molar-refractivity contribution in [1.29, 1.82) is 0 Å². The first-order valence-electron chi connectivity index (χ1n) is 6.94. The second kappa shape index (κ2) is 6.86. The number of carbonyl (C=O) groups is 1. The van der Waals surface area contributed by atoms with Crippen LogP contribution < -0.4 is 5.32 Å². The van der Waals surface area contributed by atoms with Gasteiger partial charge in [0.1, 0.15) is 0 Å². The molecule has 0 atom stereocenters. The van der Waals surface area contributed by atoms with Crippen molar-refractivity contribution in [2.45, 2.75) is 6.54 Å². The first kappa shape index (κ1) is 15.6. The molecule has 0 fully saturated rings. The van der Waals surface area contributed by atoms with Gasteiger partial charge in [-0.15, -0.1) is 0 Å². The smallest absolute Gasteiger partial charge is 0.253 e. The third-order valence-electron chi connectivity index (χ3n) is 3.39. The van der Waals surface area contributed by atoms with Gasteiger partial charge >= 0.3 is 0 Å². The molecule has 23 heavy (non-hydrogen) atoms. The standard InChI is InChI=1S/C17H13Cl2N3O/c18-13-5-6-14(15(19)9-13)17(23)21-10-12-3-1-2-4-16(12)22-8-7-20-11-22/h1-9,11H,10H2,(H,21,23). The van der Waals surface area contributed by atoms with E-state index in [2.05, 4.69) is 10.3 Å². The maximum atomic E-state index is 12.3. The maximum absolute atomic E-state index is 12.3. The molecule has 3 rings (SSSR count). The molecule has 0 aliphatic rings. The molecule has 4 nitrogen and oxygen atoms in total. The number of benzene rings is 2. The van der Waals surface area contributed by atoms with Crippen molar-refractivity contribution in [2.24, 2.45) is 0 Å². The van der Waals surface area contributed by atoms with E-state index in [4.69, 9.17) is 23.2 Å². The Morgan fingerprint density at radius 3 is 2.74 bits per heavy atom. The lowest BCUT2D eigenvalue weighted by Gasteiger charge is -2.12. The van der Waals surface area contributed by atoms with Crippen molar-refractivity contribution in [3.8, 4) is 5.69 Å². The second-order valence-electron chi connectivity index (χ2n) is 4.91. The largest absolute Gasteiger partial charge is 0.348 e. The first-order valence-corrected chi connectivity index (χ1v) is 7.70. The van der Waals surface area contributed by atoms with Gasteiger partial charge in [0.15, 0.2) is 0 Å². The highest BCUT2D eigenvalue weighted by Crippen LogP contribution is 2.21. The molecule has 1 amide bonds. The van der Waals surface area contributed by atoms with Gasteiger partial charge in [-0.1, -0.05) is 41.4 Å². The van der Waals surface area contributed by atoms with Crippen molar-refractivity contribution in [2.75, 3.05) is 0 Å². The summed E-state index contributed by atoms with van der Waals surface area (Å²) in [5.41, 5.74) is 2.34. The van der Waals surface area contributed by atoms with E-state index >= 15 is 0 Å². The Hall–Kier alpha value is -2.30. The Kier molecular flexibility index (Phi) is 4.65. The summed E-state index contributed by atoms with van der Waals surface area (Å²) < 4.78 is 1.90. The molecule has 0 bridgehead atoms. The lowest BCUT2D eigenvalue weighted by Crippen LogP contribution is -2.23. The highest BCUT2D eigenvalue weighted by atomic mass is 35.5. The van der Waals surface area contributed by atoms with Crippen molar-refractivity contribution in [3.63, 3.8) is 0 Å². The summed E-state index contributed by atoms with van der Waals surface area (Å²) in [5.74, 6) is -0.243. The average Bonchev–Trinajstić information content (AvgIpc) is 3.07. The number of carbonyl (C=O) groups excluding carboxylic acids is 1. The van der Waals surface area contributed by atoms with E-state index < -0.39 is 0 Å². The Morgan fingerprint density at radius 1 is 1.17 bits per heavy atom. The van der Waals surface area contributed by atoms with Gasteiger partial charge in [0, 0.05) is 24.0 Å². The van der Waals surface area contributed by atoms with Crippen LogP contribution in [0, 0.1) is 0 Å². The lowest BCUT2D eigenvalue weighted by atomic mass is 10.1. The van der Waals surface area contributed by atoms with Crippen molar-refractivity contribution >= 4 is 29.1 Å². The minimum atomic E-state index is -0.243. The van der Waals surface area contributed by atoms with Gasteiger partial charge in [0.05, 0.1) is 22.6 Å². The molecule has 2 aromatic carbocycles. The van der Waals surface area contributed by atoms with Crippen LogP contribution in [-0.4, -0.2) is 15.5 Å². The number of hydrogen-bond donors (Lipinski definition) is 1. The normalized spacial score (nSPS) is 10.5. The van der Waals surface area contributed by atoms with Gasteiger partial charge in [0.2, 0.25) is 0 Å². The third kappa shape index (κ3) is 3.55. The summed E-state index contributed by atoms with van der Waals surface area (Å²) in [6, 6.07) is 12.6. The van der Waals surface area contributed by atoms with Crippen LogP contribution in [0.1, 0.15) is 15.9 Å². The number of nitrogens with one attached hydrogen (secondary N) is 1. The van der Waals surface area contributed by atoms with Crippen LogP contribution in [0.3, 0.4) is 0 Å². The van der Waals surface area contributed by atoms with Crippen LogP contribution >= 0.6 is 23.2 Å². The minimum Gasteiger partial charge on any atom is -0.348 e. The summed E-state index contributed by atoms with van der Waals surface area (Å²) in [6.45, 7) is 0.381. The molecule has 1 heterocycles. The predicted octanol–water partition coefficient (Wildman–Crippen LogP) is 4.11. The zero-order valence-corrected chi connectivity index (χ0v) is 13.6. The average molecular weight is 346 g/mol. The lowest BCUT2D eigenvalue weighted by molar-refractivity contribution is 0.0951. The molecule has 0 saturated carbocycles. The molecule has 0 aliphatic carbocycles. The number of hydrogen-bond acceptors (Lipinski definition) is 2. The number of para-hydroxylation sites is 1. The monoisotopic (exact) mass is 345 g/mol. The first-order chi connectivity index (χ1) is 11.1. The SMILES string of the molecule is O=C(NCc1ccccc1-n1ccnc1)c1ccc(Cl)cc1Cl. The summed E-state index contributed by atoms with van der Waals surface area (Å²) in [6.07, 6.45) is 5.29. The van der Waals surface area contributed by atoms with Crippen molar-refractivity contribution in [1.82, 2.24) is 14.9 Å². The van der Waals surface area contributed by atoms with Crippen LogP contribution in [0.25, 0.3) is 5.69 Å². The summed E-state index contributed by atoms with van der Waals surface area (Å²) in [5, 5.41) is 3.71. The van der Waals surface area contributed by atoms with Crippen molar-refractivity contribution < 1.29 is 4.79 Å². The molecule has 6 heteroatoms. The molecule has 3 aromatic rings. The Morgan fingerprint density at radius 2 is 2.00 bits per heavy atom. The summed E-state index contributed by atoms with van der Waals surface area (Å²) >= 11 is 11.9. The van der Waals surface area contributed by atoms with Gasteiger partial charge in [-0.05, 0) is 29.8 Å². The molecule has 0 unspecified atom stereocenters. The van der Waals surface area contributed by atoms with E-state index in [0.29, 0.717) is 22.2 Å². The maximum Gasteiger partial charge on any atom is 0.253 e. The quantitative estimate of drug-likeness (QED) is 0.773. The van der Waals surface area contributed by atoms with E-state index in [1.165, 1.54) is 0 Å². The molecule has 0 spiro atoms. The van der Waals surface area contributed by atoms with Gasteiger partial charge in [-0.2, -0.15) is 0 Å². The highest BCUT2D eigenvalue weighted by molar-refractivity contribution is 6.36. The molecule has 1 aromatic heterocycles. The fraction of sp³-hybridized carbons (Fsp3) is 0.0588. The number of amides is 1. The topological polar surface area (TPSA) is 46.9 Å². The molecule has 1 N–H and O–H groups in total. The third-order valence-corrected chi connectivity index (χ3v) is 3.94. The fourth-order valence-electron chi connectivity index (χ4n) is 2.26. The van der Waals surface area contributed by atoms with E-state index in [1.54, 1.807) is 30.7 Å². The Labute approximate surface area is 143 Å². The zero-order chi connectivity index (χ0) is 16.2. The van der Waals surface area contributed by atoms with E-state index in [0.717, 1.165) is 11.3 Å². The van der Waals surface area contributed by atoms with Crippen LogP contribution in [0.15, 0.2) is 61.2 Å². The molecule has 0 aliphatic heterocycles. The second-order valence-corrected chi connectivity index (χ2v) is 5.75. The predicted molar refractivity (Wildman–Crippen MR) is 91.2 cm³/mol. The Balaban J connectivity index is 1.77. The number of nitrogens with zero attached hydrogens (tertiary/aromatic N) is 2. The van der Waals surface area contributed by atoms with Crippen LogP contribution in [0.2, 0.25) is 10.0 Å². The minimum absolute atomic E-state index is 0.243. The molecular formula is C17H13Cl2N3O. The van der Waals surface area contributed by atoms with E-state index in [1.807, 2.05) is 35.0 Å².